The van der Waals surface area contributed by atoms with Crippen molar-refractivity contribution in [1.82, 2.24) is 0 Å². The molecule has 0 saturated carbocycles. The zero-order valence-electron chi connectivity index (χ0n) is 7.02. The Morgan fingerprint density at radius 2 is 1.75 bits per heavy atom. The number of rotatable bonds is 0. The third kappa shape index (κ3) is 1.90. The number of hydrogen-bond donors (Lipinski definition) is 0. The van der Waals surface area contributed by atoms with Crippen LogP contribution in [-0.4, -0.2) is 6.18 Å². The molecule has 1 aliphatic rings. The largest absolute Gasteiger partial charge is 0.416 e. The molecule has 2 atom stereocenters. The maximum atomic E-state index is 12.1. The lowest BCUT2D eigenvalue weighted by Gasteiger charge is -2.20. The normalized spacial score (nSPS) is 30.2. The van der Waals surface area contributed by atoms with E-state index in [1.807, 2.05) is 6.92 Å². The molecule has 1 rings (SSSR count). The highest BCUT2D eigenvalue weighted by Gasteiger charge is 2.33. The molecule has 0 spiro atoms. The molecular formula is C9H11F3. The van der Waals surface area contributed by atoms with Gasteiger partial charge in [0, 0.05) is 0 Å². The number of alkyl halides is 3. The van der Waals surface area contributed by atoms with E-state index in [4.69, 9.17) is 0 Å². The zero-order valence-corrected chi connectivity index (χ0v) is 7.02. The molecule has 68 valence electrons. The van der Waals surface area contributed by atoms with Crippen molar-refractivity contribution in [1.29, 1.82) is 0 Å². The second kappa shape index (κ2) is 2.96. The summed E-state index contributed by atoms with van der Waals surface area (Å²) in [6.45, 7) is 3.70. The Bertz CT molecular complexity index is 222. The molecule has 0 aromatic heterocycles. The quantitative estimate of drug-likeness (QED) is 0.531. The molecule has 1 aliphatic carbocycles. The SMILES string of the molecule is CC1C=CC(C(F)(F)F)=CC1C. The Labute approximate surface area is 69.8 Å². The summed E-state index contributed by atoms with van der Waals surface area (Å²) in [5.74, 6) is 0.183. The third-order valence-electron chi connectivity index (χ3n) is 2.18. The van der Waals surface area contributed by atoms with Crippen LogP contribution in [-0.2, 0) is 0 Å². The van der Waals surface area contributed by atoms with Crippen LogP contribution in [0.3, 0.4) is 0 Å². The van der Waals surface area contributed by atoms with E-state index in [1.54, 1.807) is 13.0 Å². The molecular weight excluding hydrogens is 165 g/mol. The minimum Gasteiger partial charge on any atom is -0.166 e. The first-order chi connectivity index (χ1) is 5.41. The van der Waals surface area contributed by atoms with E-state index in [0.29, 0.717) is 0 Å². The predicted molar refractivity (Wildman–Crippen MR) is 41.6 cm³/mol. The molecule has 0 aromatic carbocycles. The van der Waals surface area contributed by atoms with E-state index in [2.05, 4.69) is 0 Å². The maximum Gasteiger partial charge on any atom is 0.416 e. The molecule has 0 aromatic rings. The summed E-state index contributed by atoms with van der Waals surface area (Å²) in [4.78, 5) is 0. The number of halogens is 3. The van der Waals surface area contributed by atoms with E-state index < -0.39 is 11.7 Å². The molecule has 0 radical (unpaired) electrons. The van der Waals surface area contributed by atoms with Crippen LogP contribution in [0.2, 0.25) is 0 Å². The average Bonchev–Trinajstić information content (AvgIpc) is 1.92. The number of allylic oxidation sites excluding steroid dienone is 4. The van der Waals surface area contributed by atoms with Crippen LogP contribution in [0.4, 0.5) is 13.2 Å². The average molecular weight is 176 g/mol. The first kappa shape index (κ1) is 9.36. The monoisotopic (exact) mass is 176 g/mol. The van der Waals surface area contributed by atoms with Gasteiger partial charge in [0.1, 0.15) is 0 Å². The molecule has 0 heterocycles. The van der Waals surface area contributed by atoms with E-state index in [9.17, 15) is 13.2 Å². The highest BCUT2D eigenvalue weighted by Crippen LogP contribution is 2.32. The minimum absolute atomic E-state index is 0.0216. The highest BCUT2D eigenvalue weighted by atomic mass is 19.4. The standard InChI is InChI=1S/C9H11F3/c1-6-3-4-8(5-7(6)2)9(10,11)12/h3-7H,1-2H3. The van der Waals surface area contributed by atoms with Crippen molar-refractivity contribution in [2.75, 3.05) is 0 Å². The zero-order chi connectivity index (χ0) is 9.35. The van der Waals surface area contributed by atoms with Crippen LogP contribution in [0, 0.1) is 11.8 Å². The van der Waals surface area contributed by atoms with Gasteiger partial charge in [0.2, 0.25) is 0 Å². The van der Waals surface area contributed by atoms with Crippen molar-refractivity contribution >= 4 is 0 Å². The summed E-state index contributed by atoms with van der Waals surface area (Å²) < 4.78 is 36.4. The summed E-state index contributed by atoms with van der Waals surface area (Å²) in [5, 5.41) is 0. The summed E-state index contributed by atoms with van der Waals surface area (Å²) >= 11 is 0. The summed E-state index contributed by atoms with van der Waals surface area (Å²) in [5.41, 5.74) is -0.520. The van der Waals surface area contributed by atoms with Gasteiger partial charge in [-0.2, -0.15) is 13.2 Å². The van der Waals surface area contributed by atoms with Gasteiger partial charge in [-0.1, -0.05) is 32.1 Å². The molecule has 0 amide bonds. The molecule has 0 N–H and O–H groups in total. The Kier molecular flexibility index (Phi) is 2.31. The van der Waals surface area contributed by atoms with Crippen LogP contribution in [0.25, 0.3) is 0 Å². The van der Waals surface area contributed by atoms with Crippen LogP contribution in [0.5, 0.6) is 0 Å². The second-order valence-corrected chi connectivity index (χ2v) is 3.20. The molecule has 0 bridgehead atoms. The van der Waals surface area contributed by atoms with Crippen molar-refractivity contribution in [3.63, 3.8) is 0 Å². The van der Waals surface area contributed by atoms with Gasteiger partial charge in [-0.25, -0.2) is 0 Å². The predicted octanol–water partition coefficient (Wildman–Crippen LogP) is 3.32. The molecule has 3 heteroatoms. The van der Waals surface area contributed by atoms with Gasteiger partial charge in [0.25, 0.3) is 0 Å². The van der Waals surface area contributed by atoms with Gasteiger partial charge in [0.05, 0.1) is 5.57 Å². The summed E-state index contributed by atoms with van der Waals surface area (Å²) in [7, 11) is 0. The van der Waals surface area contributed by atoms with Crippen LogP contribution < -0.4 is 0 Å². The maximum absolute atomic E-state index is 12.1. The summed E-state index contributed by atoms with van der Waals surface area (Å²) in [6, 6.07) is 0. The van der Waals surface area contributed by atoms with Gasteiger partial charge in [-0.05, 0) is 11.8 Å². The van der Waals surface area contributed by atoms with E-state index in [0.717, 1.165) is 6.08 Å². The Morgan fingerprint density at radius 3 is 2.17 bits per heavy atom. The Morgan fingerprint density at radius 1 is 1.17 bits per heavy atom. The topological polar surface area (TPSA) is 0 Å². The number of hydrogen-bond acceptors (Lipinski definition) is 0. The Balaban J connectivity index is 2.84. The van der Waals surface area contributed by atoms with E-state index in [1.165, 1.54) is 6.08 Å². The Hall–Kier alpha value is -0.730. The van der Waals surface area contributed by atoms with Crippen molar-refractivity contribution in [2.24, 2.45) is 11.8 Å². The first-order valence-electron chi connectivity index (χ1n) is 3.88. The fourth-order valence-electron chi connectivity index (χ4n) is 1.11. The van der Waals surface area contributed by atoms with Crippen molar-refractivity contribution in [2.45, 2.75) is 20.0 Å². The van der Waals surface area contributed by atoms with Gasteiger partial charge in [-0.15, -0.1) is 0 Å². The van der Waals surface area contributed by atoms with Crippen molar-refractivity contribution < 1.29 is 13.2 Å². The van der Waals surface area contributed by atoms with Gasteiger partial charge in [-0.3, -0.25) is 0 Å². The fraction of sp³-hybridized carbons (Fsp3) is 0.556. The highest BCUT2D eigenvalue weighted by molar-refractivity contribution is 5.28. The first-order valence-corrected chi connectivity index (χ1v) is 3.88. The van der Waals surface area contributed by atoms with Gasteiger partial charge in [0.15, 0.2) is 0 Å². The van der Waals surface area contributed by atoms with Crippen LogP contribution in [0.15, 0.2) is 23.8 Å². The molecule has 0 aliphatic heterocycles. The van der Waals surface area contributed by atoms with Crippen LogP contribution in [0.1, 0.15) is 13.8 Å². The smallest absolute Gasteiger partial charge is 0.166 e. The molecule has 0 saturated heterocycles. The van der Waals surface area contributed by atoms with E-state index >= 15 is 0 Å². The van der Waals surface area contributed by atoms with Crippen molar-refractivity contribution in [3.8, 4) is 0 Å². The van der Waals surface area contributed by atoms with Crippen molar-refractivity contribution in [3.05, 3.63) is 23.8 Å². The lowest BCUT2D eigenvalue weighted by Crippen LogP contribution is -2.16. The summed E-state index contributed by atoms with van der Waals surface area (Å²) in [6.07, 6.45) is -0.145. The van der Waals surface area contributed by atoms with E-state index in [-0.39, 0.29) is 11.8 Å². The molecule has 0 nitrogen and oxygen atoms in total. The molecule has 2 unspecified atom stereocenters. The van der Waals surface area contributed by atoms with Gasteiger partial charge < -0.3 is 0 Å². The molecule has 0 fully saturated rings. The second-order valence-electron chi connectivity index (χ2n) is 3.20. The lowest BCUT2D eigenvalue weighted by atomic mass is 9.88. The van der Waals surface area contributed by atoms with Crippen LogP contribution >= 0.6 is 0 Å². The van der Waals surface area contributed by atoms with Gasteiger partial charge >= 0.3 is 6.18 Å². The minimum atomic E-state index is -4.19. The fourth-order valence-corrected chi connectivity index (χ4v) is 1.11. The lowest BCUT2D eigenvalue weighted by molar-refractivity contribution is -0.0890. The molecule has 12 heavy (non-hydrogen) atoms. The third-order valence-corrected chi connectivity index (χ3v) is 2.18.